The van der Waals surface area contributed by atoms with E-state index in [2.05, 4.69) is 12.2 Å². The summed E-state index contributed by atoms with van der Waals surface area (Å²) in [5, 5.41) is 2.08. The van der Waals surface area contributed by atoms with Gasteiger partial charge in [-0.25, -0.2) is 0 Å². The molecule has 0 aromatic heterocycles. The summed E-state index contributed by atoms with van der Waals surface area (Å²) >= 11 is 0. The Morgan fingerprint density at radius 2 is 1.80 bits per heavy atom. The molecule has 1 aliphatic rings. The quantitative estimate of drug-likeness (QED) is 0.647. The van der Waals surface area contributed by atoms with Crippen molar-refractivity contribution in [2.45, 2.75) is 26.4 Å². The minimum Gasteiger partial charge on any atom is -0.461 e. The van der Waals surface area contributed by atoms with E-state index >= 15 is 0 Å². The normalized spacial score (nSPS) is 13.9. The third kappa shape index (κ3) is 3.54. The maximum absolute atomic E-state index is 11.6. The summed E-state index contributed by atoms with van der Waals surface area (Å²) in [5.41, 5.74) is 2.24. The van der Waals surface area contributed by atoms with Gasteiger partial charge in [-0.15, -0.1) is 0 Å². The Labute approximate surface area is 116 Å². The lowest BCUT2D eigenvalue weighted by Gasteiger charge is -2.05. The van der Waals surface area contributed by atoms with Crippen molar-refractivity contribution in [3.8, 4) is 0 Å². The van der Waals surface area contributed by atoms with Crippen LogP contribution >= 0.6 is 0 Å². The number of hydrogen-bond acceptors (Lipinski definition) is 4. The van der Waals surface area contributed by atoms with Gasteiger partial charge in [0.25, 0.3) is 11.8 Å². The second-order valence-corrected chi connectivity index (χ2v) is 4.50. The smallest absolute Gasteiger partial charge is 0.310 e. The first-order chi connectivity index (χ1) is 9.58. The highest BCUT2D eigenvalue weighted by Crippen LogP contribution is 2.11. The monoisotopic (exact) mass is 273 g/mol. The van der Waals surface area contributed by atoms with Crippen molar-refractivity contribution in [3.63, 3.8) is 0 Å². The molecule has 0 unspecified atom stereocenters. The predicted octanol–water partition coefficient (Wildman–Crippen LogP) is 1.27. The molecule has 5 heteroatoms. The first kappa shape index (κ1) is 14.0. The van der Waals surface area contributed by atoms with Gasteiger partial charge in [-0.05, 0) is 17.5 Å². The first-order valence-corrected chi connectivity index (χ1v) is 6.38. The number of imide groups is 1. The summed E-state index contributed by atoms with van der Waals surface area (Å²) in [6.07, 6.45) is 1.89. The summed E-state index contributed by atoms with van der Waals surface area (Å²) < 4.78 is 5.08. The fourth-order valence-corrected chi connectivity index (χ4v) is 1.82. The van der Waals surface area contributed by atoms with Crippen molar-refractivity contribution in [2.24, 2.45) is 0 Å². The van der Waals surface area contributed by atoms with Gasteiger partial charge in [0.15, 0.2) is 0 Å². The number of amides is 2. The molecular weight excluding hydrogens is 258 g/mol. The van der Waals surface area contributed by atoms with Gasteiger partial charge >= 0.3 is 5.97 Å². The molecule has 2 amide bonds. The number of benzene rings is 1. The fraction of sp³-hybridized carbons (Fsp3) is 0.267. The van der Waals surface area contributed by atoms with Crippen molar-refractivity contribution in [2.75, 3.05) is 0 Å². The lowest BCUT2D eigenvalue weighted by molar-refractivity contribution is -0.144. The van der Waals surface area contributed by atoms with Crippen LogP contribution in [-0.2, 0) is 32.1 Å². The van der Waals surface area contributed by atoms with Crippen molar-refractivity contribution < 1.29 is 19.1 Å². The number of carbonyl (C=O) groups excluding carboxylic acids is 3. The van der Waals surface area contributed by atoms with E-state index in [1.54, 1.807) is 0 Å². The number of aryl methyl sites for hydroxylation is 1. The molecule has 0 radical (unpaired) electrons. The molecule has 1 N–H and O–H groups in total. The van der Waals surface area contributed by atoms with Crippen LogP contribution in [0.3, 0.4) is 0 Å². The van der Waals surface area contributed by atoms with Gasteiger partial charge in [0.1, 0.15) is 6.61 Å². The van der Waals surface area contributed by atoms with E-state index in [1.165, 1.54) is 5.56 Å². The molecule has 1 heterocycles. The summed E-state index contributed by atoms with van der Waals surface area (Å²) in [6, 6.07) is 7.76. The number of rotatable bonds is 5. The zero-order chi connectivity index (χ0) is 14.5. The minimum atomic E-state index is -0.528. The fourth-order valence-electron chi connectivity index (χ4n) is 1.82. The van der Waals surface area contributed by atoms with Gasteiger partial charge < -0.3 is 4.74 Å². The van der Waals surface area contributed by atoms with Gasteiger partial charge in [0, 0.05) is 11.6 Å². The Kier molecular flexibility index (Phi) is 4.30. The summed E-state index contributed by atoms with van der Waals surface area (Å²) in [6.45, 7) is 2.22. The molecule has 2 rings (SSSR count). The highest BCUT2D eigenvalue weighted by molar-refractivity contribution is 6.17. The van der Waals surface area contributed by atoms with Crippen LogP contribution < -0.4 is 5.32 Å². The summed E-state index contributed by atoms with van der Waals surface area (Å²) in [7, 11) is 0. The SMILES string of the molecule is CCc1ccc(COC(=O)CC2=CC(=O)NC2=O)cc1. The van der Waals surface area contributed by atoms with E-state index < -0.39 is 17.8 Å². The Bertz CT molecular complexity index is 572. The second-order valence-electron chi connectivity index (χ2n) is 4.50. The van der Waals surface area contributed by atoms with E-state index in [0.717, 1.165) is 18.1 Å². The van der Waals surface area contributed by atoms with Gasteiger partial charge in [0.2, 0.25) is 0 Å². The lowest BCUT2D eigenvalue weighted by atomic mass is 10.1. The standard InChI is InChI=1S/C15H15NO4/c1-2-10-3-5-11(6-4-10)9-20-14(18)8-12-7-13(17)16-15(12)19/h3-7H,2,8-9H2,1H3,(H,16,17,19). The van der Waals surface area contributed by atoms with Crippen LogP contribution in [0.2, 0.25) is 0 Å². The van der Waals surface area contributed by atoms with Crippen LogP contribution in [0.1, 0.15) is 24.5 Å². The average Bonchev–Trinajstić information content (AvgIpc) is 2.75. The summed E-state index contributed by atoms with van der Waals surface area (Å²) in [5.74, 6) is -1.55. The molecule has 0 fully saturated rings. The number of carbonyl (C=O) groups is 3. The number of esters is 1. The molecule has 1 aliphatic heterocycles. The van der Waals surface area contributed by atoms with Crippen molar-refractivity contribution in [1.82, 2.24) is 5.32 Å². The van der Waals surface area contributed by atoms with Crippen molar-refractivity contribution >= 4 is 17.8 Å². The Morgan fingerprint density at radius 1 is 1.15 bits per heavy atom. The van der Waals surface area contributed by atoms with Crippen molar-refractivity contribution in [1.29, 1.82) is 0 Å². The average molecular weight is 273 g/mol. The maximum atomic E-state index is 11.6. The molecule has 0 spiro atoms. The minimum absolute atomic E-state index is 0.140. The molecule has 0 aliphatic carbocycles. The Hall–Kier alpha value is -2.43. The van der Waals surface area contributed by atoms with Crippen LogP contribution in [0.15, 0.2) is 35.9 Å². The molecule has 20 heavy (non-hydrogen) atoms. The highest BCUT2D eigenvalue weighted by atomic mass is 16.5. The van der Waals surface area contributed by atoms with Gasteiger partial charge in [-0.2, -0.15) is 0 Å². The molecule has 1 aromatic carbocycles. The molecular formula is C15H15NO4. The Balaban J connectivity index is 1.84. The molecule has 5 nitrogen and oxygen atoms in total. The zero-order valence-corrected chi connectivity index (χ0v) is 11.1. The van der Waals surface area contributed by atoms with E-state index in [-0.39, 0.29) is 18.6 Å². The van der Waals surface area contributed by atoms with Crippen LogP contribution in [0, 0.1) is 0 Å². The largest absolute Gasteiger partial charge is 0.461 e. The first-order valence-electron chi connectivity index (χ1n) is 6.38. The molecule has 0 saturated heterocycles. The number of hydrogen-bond donors (Lipinski definition) is 1. The van der Waals surface area contributed by atoms with Gasteiger partial charge in [0.05, 0.1) is 6.42 Å². The van der Waals surface area contributed by atoms with E-state index in [1.807, 2.05) is 24.3 Å². The maximum Gasteiger partial charge on any atom is 0.310 e. The Morgan fingerprint density at radius 3 is 2.35 bits per heavy atom. The molecule has 104 valence electrons. The van der Waals surface area contributed by atoms with Crippen LogP contribution in [0.4, 0.5) is 0 Å². The topological polar surface area (TPSA) is 72.5 Å². The second kappa shape index (κ2) is 6.14. The van der Waals surface area contributed by atoms with E-state index in [0.29, 0.717) is 0 Å². The van der Waals surface area contributed by atoms with Crippen LogP contribution in [0.5, 0.6) is 0 Å². The molecule has 0 atom stereocenters. The number of nitrogens with one attached hydrogen (secondary N) is 1. The van der Waals surface area contributed by atoms with Gasteiger partial charge in [-0.3, -0.25) is 19.7 Å². The summed E-state index contributed by atoms with van der Waals surface area (Å²) in [4.78, 5) is 33.8. The third-order valence-electron chi connectivity index (χ3n) is 3.00. The third-order valence-corrected chi connectivity index (χ3v) is 3.00. The van der Waals surface area contributed by atoms with Crippen molar-refractivity contribution in [3.05, 3.63) is 47.0 Å². The lowest BCUT2D eigenvalue weighted by Crippen LogP contribution is -2.23. The zero-order valence-electron chi connectivity index (χ0n) is 11.1. The van der Waals surface area contributed by atoms with Crippen LogP contribution in [-0.4, -0.2) is 17.8 Å². The van der Waals surface area contributed by atoms with E-state index in [4.69, 9.17) is 4.74 Å². The molecule has 0 bridgehead atoms. The predicted molar refractivity (Wildman–Crippen MR) is 71.5 cm³/mol. The molecule has 1 aromatic rings. The van der Waals surface area contributed by atoms with Crippen LogP contribution in [0.25, 0.3) is 0 Å². The highest BCUT2D eigenvalue weighted by Gasteiger charge is 2.23. The van der Waals surface area contributed by atoms with E-state index in [9.17, 15) is 14.4 Å². The van der Waals surface area contributed by atoms with Gasteiger partial charge in [-0.1, -0.05) is 31.2 Å². The number of ether oxygens (including phenoxy) is 1. The molecule has 0 saturated carbocycles.